The largest absolute Gasteiger partial charge is 0.400 e. The first-order chi connectivity index (χ1) is 13.0. The molecule has 11 heteroatoms. The van der Waals surface area contributed by atoms with E-state index in [9.17, 15) is 13.3 Å². The number of rotatable bonds is 6. The summed E-state index contributed by atoms with van der Waals surface area (Å²) in [5.41, 5.74) is 1.61. The number of benzene rings is 2. The highest BCUT2D eigenvalue weighted by Crippen LogP contribution is 2.48. The molecular formula is C17H13Cl3F2N3O2P. The summed E-state index contributed by atoms with van der Waals surface area (Å²) in [7, 11) is -2.88. The summed E-state index contributed by atoms with van der Waals surface area (Å²) in [6, 6.07) is 11.6. The van der Waals surface area contributed by atoms with E-state index in [-0.39, 0.29) is 12.0 Å². The van der Waals surface area contributed by atoms with E-state index in [1.807, 2.05) is 0 Å². The number of nitrogens with zero attached hydrogens (tertiary/aromatic N) is 2. The zero-order chi connectivity index (χ0) is 20.5. The molecule has 0 amide bonds. The molecule has 1 atom stereocenters. The van der Waals surface area contributed by atoms with Gasteiger partial charge in [0.2, 0.25) is 5.82 Å². The summed E-state index contributed by atoms with van der Waals surface area (Å²) in [5.74, 6) is -1.00. The Kier molecular flexibility index (Phi) is 6.01. The van der Waals surface area contributed by atoms with Gasteiger partial charge in [-0.1, -0.05) is 58.7 Å². The molecule has 1 heterocycles. The first kappa shape index (κ1) is 21.1. The molecule has 0 aliphatic heterocycles. The first-order valence-electron chi connectivity index (χ1n) is 7.84. The van der Waals surface area contributed by atoms with Crippen molar-refractivity contribution >= 4 is 47.8 Å². The van der Waals surface area contributed by atoms with Crippen molar-refractivity contribution in [1.82, 2.24) is 10.1 Å². The molecule has 1 N–H and O–H groups in total. The number of anilines is 1. The maximum atomic E-state index is 13.0. The topological polar surface area (TPSA) is 68.0 Å². The Morgan fingerprint density at radius 3 is 2.29 bits per heavy atom. The van der Waals surface area contributed by atoms with Crippen molar-refractivity contribution in [2.24, 2.45) is 0 Å². The second kappa shape index (κ2) is 7.99. The summed E-state index contributed by atoms with van der Waals surface area (Å²) in [6.07, 6.45) is 0.214. The van der Waals surface area contributed by atoms with Crippen LogP contribution in [-0.2, 0) is 16.1 Å². The third-order valence-electron chi connectivity index (χ3n) is 3.68. The van der Waals surface area contributed by atoms with Gasteiger partial charge in [-0.2, -0.15) is 13.8 Å². The Morgan fingerprint density at radius 2 is 1.75 bits per heavy atom. The molecule has 0 aliphatic carbocycles. The van der Waals surface area contributed by atoms with E-state index in [1.54, 1.807) is 49.1 Å². The van der Waals surface area contributed by atoms with Gasteiger partial charge < -0.3 is 14.2 Å². The normalized spacial score (nSPS) is 13.9. The molecule has 148 valence electrons. The van der Waals surface area contributed by atoms with Gasteiger partial charge in [-0.05, 0) is 29.3 Å². The number of nitrogens with one attached hydrogen (secondary N) is 1. The van der Waals surface area contributed by atoms with Crippen LogP contribution in [0, 0.1) is 0 Å². The highest BCUT2D eigenvalue weighted by molar-refractivity contribution is 7.63. The van der Waals surface area contributed by atoms with Crippen LogP contribution in [0.2, 0.25) is 10.0 Å². The van der Waals surface area contributed by atoms with E-state index in [4.69, 9.17) is 34.8 Å². The molecule has 1 unspecified atom stereocenters. The Morgan fingerprint density at radius 1 is 1.14 bits per heavy atom. The van der Waals surface area contributed by atoms with Gasteiger partial charge in [0.25, 0.3) is 0 Å². The number of hydrogen-bond donors (Lipinski definition) is 1. The minimum Gasteiger partial charge on any atom is -0.334 e. The lowest BCUT2D eigenvalue weighted by atomic mass is 10.1. The van der Waals surface area contributed by atoms with E-state index in [0.29, 0.717) is 21.3 Å². The molecule has 2 aromatic carbocycles. The predicted molar refractivity (Wildman–Crippen MR) is 107 cm³/mol. The van der Waals surface area contributed by atoms with Gasteiger partial charge in [-0.15, -0.1) is 0 Å². The van der Waals surface area contributed by atoms with Crippen LogP contribution in [-0.4, -0.2) is 16.8 Å². The van der Waals surface area contributed by atoms with Crippen LogP contribution in [0.3, 0.4) is 0 Å². The van der Waals surface area contributed by atoms with Crippen molar-refractivity contribution < 1.29 is 17.9 Å². The molecule has 5 nitrogen and oxygen atoms in total. The van der Waals surface area contributed by atoms with E-state index in [0.717, 1.165) is 5.56 Å². The standard InChI is InChI=1S/C17H13Cl3F2N3O2P/c1-28(26,25-14-12(18)3-2-4-13(14)19)9-10-5-7-11(8-6-10)15-23-16(27-24-15)17(20,21)22/h2-8H,9H2,1H3,(H,25,26). The van der Waals surface area contributed by atoms with Crippen LogP contribution in [0.15, 0.2) is 47.0 Å². The lowest BCUT2D eigenvalue weighted by Gasteiger charge is -2.18. The fourth-order valence-electron chi connectivity index (χ4n) is 2.44. The molecule has 0 saturated heterocycles. The van der Waals surface area contributed by atoms with Gasteiger partial charge in [0, 0.05) is 18.4 Å². The van der Waals surface area contributed by atoms with E-state index in [1.165, 1.54) is 0 Å². The molecule has 0 saturated carbocycles. The Hall–Kier alpha value is -1.66. The summed E-state index contributed by atoms with van der Waals surface area (Å²) in [5, 5.41) is 3.42. The van der Waals surface area contributed by atoms with E-state index >= 15 is 0 Å². The zero-order valence-electron chi connectivity index (χ0n) is 14.3. The minimum atomic E-state index is -3.73. The molecule has 3 rings (SSSR count). The van der Waals surface area contributed by atoms with Crippen LogP contribution in [0.5, 0.6) is 0 Å². The summed E-state index contributed by atoms with van der Waals surface area (Å²) in [4.78, 5) is 3.58. The molecule has 0 bridgehead atoms. The van der Waals surface area contributed by atoms with Gasteiger partial charge >= 0.3 is 11.3 Å². The quantitative estimate of drug-likeness (QED) is 0.318. The highest BCUT2D eigenvalue weighted by Gasteiger charge is 2.35. The lowest BCUT2D eigenvalue weighted by Crippen LogP contribution is -2.03. The van der Waals surface area contributed by atoms with Crippen LogP contribution in [0.25, 0.3) is 11.4 Å². The summed E-state index contributed by atoms with van der Waals surface area (Å²) >= 11 is 17.1. The number of para-hydroxylation sites is 1. The molecule has 3 aromatic rings. The van der Waals surface area contributed by atoms with E-state index in [2.05, 4.69) is 19.8 Å². The van der Waals surface area contributed by atoms with Crippen LogP contribution in [0.4, 0.5) is 14.5 Å². The van der Waals surface area contributed by atoms with Gasteiger partial charge in [-0.25, -0.2) is 0 Å². The molecule has 0 spiro atoms. The van der Waals surface area contributed by atoms with Crippen LogP contribution >= 0.6 is 42.1 Å². The fourth-order valence-corrected chi connectivity index (χ4v) is 4.85. The first-order valence-corrected chi connectivity index (χ1v) is 11.3. The average molecular weight is 467 g/mol. The third-order valence-corrected chi connectivity index (χ3v) is 6.13. The maximum Gasteiger partial charge on any atom is 0.400 e. The SMILES string of the molecule is CP(=O)(Cc1ccc(-c2noc(C(F)(F)Cl)n2)cc1)Nc1c(Cl)cccc1Cl. The Labute approximate surface area is 174 Å². The molecule has 28 heavy (non-hydrogen) atoms. The highest BCUT2D eigenvalue weighted by atomic mass is 35.5. The van der Waals surface area contributed by atoms with Gasteiger partial charge in [-0.3, -0.25) is 0 Å². The maximum absolute atomic E-state index is 13.0. The number of alkyl halides is 3. The lowest BCUT2D eigenvalue weighted by molar-refractivity contribution is 0.0551. The fraction of sp³-hybridized carbons (Fsp3) is 0.176. The van der Waals surface area contributed by atoms with E-state index < -0.39 is 18.6 Å². The predicted octanol–water partition coefficient (Wildman–Crippen LogP) is 6.85. The second-order valence-corrected chi connectivity index (χ2v) is 10.1. The molecular weight excluding hydrogens is 454 g/mol. The van der Waals surface area contributed by atoms with Crippen molar-refractivity contribution in [2.75, 3.05) is 11.8 Å². The summed E-state index contributed by atoms with van der Waals surface area (Å²) < 4.78 is 43.4. The smallest absolute Gasteiger partial charge is 0.334 e. The number of halogens is 5. The number of hydrogen-bond acceptors (Lipinski definition) is 4. The monoisotopic (exact) mass is 465 g/mol. The molecule has 0 aliphatic rings. The second-order valence-electron chi connectivity index (χ2n) is 6.09. The van der Waals surface area contributed by atoms with Crippen molar-refractivity contribution in [2.45, 2.75) is 11.5 Å². The Balaban J connectivity index is 1.75. The zero-order valence-corrected chi connectivity index (χ0v) is 17.5. The van der Waals surface area contributed by atoms with Crippen molar-refractivity contribution in [3.8, 4) is 11.4 Å². The van der Waals surface area contributed by atoms with Crippen molar-refractivity contribution in [3.63, 3.8) is 0 Å². The number of aromatic nitrogens is 2. The van der Waals surface area contributed by atoms with Crippen molar-refractivity contribution in [3.05, 3.63) is 64.0 Å². The molecule has 0 radical (unpaired) electrons. The molecule has 1 aromatic heterocycles. The van der Waals surface area contributed by atoms with Gasteiger partial charge in [0.1, 0.15) is 0 Å². The summed E-state index contributed by atoms with van der Waals surface area (Å²) in [6.45, 7) is 1.58. The van der Waals surface area contributed by atoms with Crippen LogP contribution < -0.4 is 5.09 Å². The molecule has 0 fully saturated rings. The van der Waals surface area contributed by atoms with Gasteiger partial charge in [0.05, 0.1) is 15.7 Å². The van der Waals surface area contributed by atoms with Gasteiger partial charge in [0.15, 0.2) is 7.29 Å². The van der Waals surface area contributed by atoms with Crippen LogP contribution in [0.1, 0.15) is 11.5 Å². The third kappa shape index (κ3) is 5.03. The minimum absolute atomic E-state index is 0.0254. The average Bonchev–Trinajstić information content (AvgIpc) is 3.09. The van der Waals surface area contributed by atoms with Crippen molar-refractivity contribution in [1.29, 1.82) is 0 Å². The Bertz CT molecular complexity index is 1020.